The van der Waals surface area contributed by atoms with Crippen LogP contribution in [0.3, 0.4) is 0 Å². The van der Waals surface area contributed by atoms with Crippen molar-refractivity contribution >= 4 is 34.1 Å². The molecule has 1 aromatic carbocycles. The highest BCUT2D eigenvalue weighted by atomic mass is 19.1. The van der Waals surface area contributed by atoms with Crippen molar-refractivity contribution in [2.45, 2.75) is 19.4 Å². The predicted octanol–water partition coefficient (Wildman–Crippen LogP) is 2.45. The number of aromatic nitrogens is 2. The molecule has 2 aromatic heterocycles. The number of amides is 2. The van der Waals surface area contributed by atoms with E-state index in [9.17, 15) is 9.59 Å². The van der Waals surface area contributed by atoms with E-state index < -0.39 is 11.9 Å². The Bertz CT molecular complexity index is 1330. The minimum absolute atomic E-state index is 0.0231. The largest absolute Gasteiger partial charge is 0.474 e. The third kappa shape index (κ3) is 3.78. The van der Waals surface area contributed by atoms with Gasteiger partial charge in [0.25, 0.3) is 0 Å². The summed E-state index contributed by atoms with van der Waals surface area (Å²) in [6.07, 6.45) is 2.40. The number of nitrogens with two attached hydrogens (primary N) is 1. The maximum atomic E-state index is 15.3. The first-order chi connectivity index (χ1) is 16.3. The molecule has 4 heterocycles. The summed E-state index contributed by atoms with van der Waals surface area (Å²) in [7, 11) is 1.67. The van der Waals surface area contributed by atoms with Crippen LogP contribution in [0.2, 0.25) is 0 Å². The molecular formula is C23H23FN6O4. The average Bonchev–Trinajstić information content (AvgIpc) is 3.13. The number of nitrogen functional groups attached to an aromatic ring is 1. The molecule has 34 heavy (non-hydrogen) atoms. The summed E-state index contributed by atoms with van der Waals surface area (Å²) in [6.45, 7) is 3.40. The minimum Gasteiger partial charge on any atom is -0.474 e. The number of likely N-dealkylation sites (tertiary alicyclic amines) is 1. The maximum absolute atomic E-state index is 15.3. The maximum Gasteiger partial charge on any atom is 0.414 e. The van der Waals surface area contributed by atoms with Crippen LogP contribution in [0.4, 0.5) is 20.6 Å². The second-order valence-corrected chi connectivity index (χ2v) is 8.36. The van der Waals surface area contributed by atoms with Crippen molar-refractivity contribution in [1.82, 2.24) is 20.2 Å². The molecule has 4 N–H and O–H groups in total. The molecule has 0 saturated carbocycles. The molecule has 176 valence electrons. The van der Waals surface area contributed by atoms with Gasteiger partial charge in [0, 0.05) is 61.5 Å². The number of nitrogens with zero attached hydrogens (tertiary/aromatic N) is 3. The number of ether oxygens (including phenoxy) is 2. The predicted molar refractivity (Wildman–Crippen MR) is 123 cm³/mol. The quantitative estimate of drug-likeness (QED) is 0.502. The summed E-state index contributed by atoms with van der Waals surface area (Å²) in [5.74, 6) is -0.136. The van der Waals surface area contributed by atoms with Gasteiger partial charge in [0.1, 0.15) is 12.3 Å². The normalized spacial score (nSPS) is 17.2. The molecule has 5 rings (SSSR count). The van der Waals surface area contributed by atoms with Crippen molar-refractivity contribution in [3.05, 3.63) is 35.9 Å². The highest BCUT2D eigenvalue weighted by molar-refractivity contribution is 5.98. The van der Waals surface area contributed by atoms with E-state index in [1.807, 2.05) is 6.92 Å². The fourth-order valence-electron chi connectivity index (χ4n) is 4.27. The number of halogens is 1. The zero-order valence-corrected chi connectivity index (χ0v) is 18.6. The average molecular weight is 466 g/mol. The first kappa shape index (κ1) is 21.7. The lowest BCUT2D eigenvalue weighted by Gasteiger charge is -2.22. The number of fused-ring (bicyclic) bond motifs is 2. The van der Waals surface area contributed by atoms with Gasteiger partial charge in [0.05, 0.1) is 11.7 Å². The van der Waals surface area contributed by atoms with Crippen LogP contribution in [0.25, 0.3) is 21.9 Å². The first-order valence-electron chi connectivity index (χ1n) is 10.8. The highest BCUT2D eigenvalue weighted by Crippen LogP contribution is 2.39. The Hall–Kier alpha value is -4.15. The Morgan fingerprint density at radius 3 is 2.91 bits per heavy atom. The highest BCUT2D eigenvalue weighted by Gasteiger charge is 2.28. The third-order valence-corrected chi connectivity index (χ3v) is 6.07. The lowest BCUT2D eigenvalue weighted by Crippen LogP contribution is -2.38. The zero-order valence-electron chi connectivity index (χ0n) is 18.6. The molecule has 0 unspecified atom stereocenters. The molecule has 2 amide bonds. The molecule has 1 fully saturated rings. The van der Waals surface area contributed by atoms with Crippen LogP contribution in [0.5, 0.6) is 11.8 Å². The van der Waals surface area contributed by atoms with Gasteiger partial charge < -0.3 is 30.7 Å². The number of pyridine rings is 2. The molecule has 11 heteroatoms. The second kappa shape index (κ2) is 8.32. The number of nitrogens with one attached hydrogen (secondary N) is 2. The molecule has 1 atom stereocenters. The third-order valence-electron chi connectivity index (χ3n) is 6.07. The summed E-state index contributed by atoms with van der Waals surface area (Å²) in [5, 5.41) is 6.83. The number of rotatable bonds is 3. The van der Waals surface area contributed by atoms with Crippen molar-refractivity contribution in [2.24, 2.45) is 0 Å². The number of carbonyl (C=O) groups is 2. The molecule has 0 spiro atoms. The van der Waals surface area contributed by atoms with Gasteiger partial charge in [-0.25, -0.2) is 19.2 Å². The van der Waals surface area contributed by atoms with Gasteiger partial charge in [0.15, 0.2) is 5.82 Å². The van der Waals surface area contributed by atoms with E-state index in [2.05, 4.69) is 20.6 Å². The number of anilines is 2. The fraction of sp³-hybridized carbons (Fsp3) is 0.304. The zero-order chi connectivity index (χ0) is 24.0. The molecule has 3 aromatic rings. The van der Waals surface area contributed by atoms with Crippen molar-refractivity contribution in [3.63, 3.8) is 0 Å². The van der Waals surface area contributed by atoms with Crippen molar-refractivity contribution < 1.29 is 23.5 Å². The Morgan fingerprint density at radius 2 is 2.15 bits per heavy atom. The first-order valence-corrected chi connectivity index (χ1v) is 10.8. The molecule has 1 saturated heterocycles. The van der Waals surface area contributed by atoms with Crippen LogP contribution in [0, 0.1) is 12.7 Å². The van der Waals surface area contributed by atoms with Crippen LogP contribution in [-0.4, -0.2) is 59.7 Å². The summed E-state index contributed by atoms with van der Waals surface area (Å²) < 4.78 is 26.1. The van der Waals surface area contributed by atoms with Gasteiger partial charge in [-0.05, 0) is 23.9 Å². The van der Waals surface area contributed by atoms with E-state index in [1.54, 1.807) is 19.3 Å². The molecular weight excluding hydrogens is 443 g/mol. The Morgan fingerprint density at radius 1 is 1.32 bits per heavy atom. The molecule has 2 aliphatic rings. The van der Waals surface area contributed by atoms with Gasteiger partial charge in [-0.2, -0.15) is 0 Å². The summed E-state index contributed by atoms with van der Waals surface area (Å²) in [4.78, 5) is 33.9. The number of benzene rings is 1. The van der Waals surface area contributed by atoms with E-state index in [0.29, 0.717) is 47.6 Å². The van der Waals surface area contributed by atoms with Crippen LogP contribution >= 0.6 is 0 Å². The van der Waals surface area contributed by atoms with Crippen molar-refractivity contribution in [2.75, 3.05) is 37.8 Å². The lowest BCUT2D eigenvalue weighted by molar-refractivity contribution is -0.126. The number of hydrogen-bond donors (Lipinski definition) is 3. The summed E-state index contributed by atoms with van der Waals surface area (Å²) >= 11 is 0. The van der Waals surface area contributed by atoms with Crippen molar-refractivity contribution in [1.29, 1.82) is 0 Å². The smallest absolute Gasteiger partial charge is 0.414 e. The number of likely N-dealkylation sites (N-methyl/N-ethyl adjacent to an activating group) is 1. The van der Waals surface area contributed by atoms with E-state index >= 15 is 4.39 Å². The van der Waals surface area contributed by atoms with Crippen LogP contribution in [0.1, 0.15) is 12.0 Å². The van der Waals surface area contributed by atoms with E-state index in [-0.39, 0.29) is 35.5 Å². The molecule has 0 bridgehead atoms. The minimum atomic E-state index is -0.726. The second-order valence-electron chi connectivity index (χ2n) is 8.36. The Labute approximate surface area is 194 Å². The van der Waals surface area contributed by atoms with Gasteiger partial charge in [0.2, 0.25) is 17.7 Å². The summed E-state index contributed by atoms with van der Waals surface area (Å²) in [6, 6.07) is 2.81. The monoisotopic (exact) mass is 466 g/mol. The van der Waals surface area contributed by atoms with Crippen LogP contribution < -0.4 is 25.8 Å². The number of hydrogen-bond acceptors (Lipinski definition) is 8. The molecule has 0 radical (unpaired) electrons. The topological polar surface area (TPSA) is 132 Å². The van der Waals surface area contributed by atoms with Gasteiger partial charge in [-0.1, -0.05) is 0 Å². The molecule has 2 aliphatic heterocycles. The molecule has 10 nitrogen and oxygen atoms in total. The fourth-order valence-corrected chi connectivity index (χ4v) is 4.27. The van der Waals surface area contributed by atoms with Gasteiger partial charge in [-0.15, -0.1) is 0 Å². The van der Waals surface area contributed by atoms with E-state index in [4.69, 9.17) is 15.2 Å². The lowest BCUT2D eigenvalue weighted by atomic mass is 9.97. The number of carbonyl (C=O) groups excluding carboxylic acids is 2. The van der Waals surface area contributed by atoms with Crippen molar-refractivity contribution in [3.8, 4) is 22.9 Å². The van der Waals surface area contributed by atoms with E-state index in [1.165, 1.54) is 17.2 Å². The standard InChI is InChI=1S/C23H23FN6O4/c1-11-15(8-28-22-21(11)26-3-4-33-22)14-5-12-6-17(27-9-16(12)20(25)19(14)24)34-23(32)29-13-7-18(31)30(2)10-13/h5-6,8-9,13,26H,3-4,7,10,25H2,1-2H3,(H,29,32)/t13-/m0/s1. The summed E-state index contributed by atoms with van der Waals surface area (Å²) in [5.41, 5.74) is 8.36. The Kier molecular flexibility index (Phi) is 5.31. The van der Waals surface area contributed by atoms with Gasteiger partial charge >= 0.3 is 6.09 Å². The van der Waals surface area contributed by atoms with Crippen LogP contribution in [0.15, 0.2) is 24.5 Å². The SMILES string of the molecule is Cc1c(-c2cc3cc(OC(=O)N[C@H]4CC(=O)N(C)C4)ncc3c(N)c2F)cnc2c1NCCO2. The van der Waals surface area contributed by atoms with Gasteiger partial charge in [-0.3, -0.25) is 4.79 Å². The van der Waals surface area contributed by atoms with Crippen LogP contribution in [-0.2, 0) is 4.79 Å². The van der Waals surface area contributed by atoms with E-state index in [0.717, 1.165) is 5.56 Å². The Balaban J connectivity index is 1.46. The molecule has 0 aliphatic carbocycles.